The summed E-state index contributed by atoms with van der Waals surface area (Å²) < 4.78 is 19.8. The molecule has 6 heteroatoms. The van der Waals surface area contributed by atoms with Gasteiger partial charge in [-0.1, -0.05) is 6.07 Å². The molecule has 0 radical (unpaired) electrons. The third kappa shape index (κ3) is 4.87. The van der Waals surface area contributed by atoms with E-state index in [1.54, 1.807) is 12.1 Å². The Morgan fingerprint density at radius 3 is 2.64 bits per heavy atom. The molecule has 0 aromatic heterocycles. The van der Waals surface area contributed by atoms with Gasteiger partial charge in [-0.2, -0.15) is 0 Å². The van der Waals surface area contributed by atoms with Gasteiger partial charge in [0.2, 0.25) is 0 Å². The summed E-state index contributed by atoms with van der Waals surface area (Å²) in [6.07, 6.45) is 2.08. The SMILES string of the molecule is CC(C)(C)OC(=O)NC1CCC(Nc2c(F)cccc2Br)C1. The summed E-state index contributed by atoms with van der Waals surface area (Å²) >= 11 is 3.35. The van der Waals surface area contributed by atoms with Gasteiger partial charge in [-0.05, 0) is 68.1 Å². The fourth-order valence-corrected chi connectivity index (χ4v) is 3.01. The number of carbonyl (C=O) groups is 1. The summed E-state index contributed by atoms with van der Waals surface area (Å²) in [6, 6.07) is 5.08. The fraction of sp³-hybridized carbons (Fsp3) is 0.562. The van der Waals surface area contributed by atoms with Gasteiger partial charge in [0.1, 0.15) is 11.4 Å². The third-order valence-electron chi connectivity index (χ3n) is 3.46. The van der Waals surface area contributed by atoms with Crippen molar-refractivity contribution in [3.63, 3.8) is 0 Å². The summed E-state index contributed by atoms with van der Waals surface area (Å²) in [6.45, 7) is 5.50. The molecule has 1 aliphatic rings. The highest BCUT2D eigenvalue weighted by atomic mass is 79.9. The van der Waals surface area contributed by atoms with E-state index in [1.165, 1.54) is 6.07 Å². The number of benzene rings is 1. The molecule has 1 aliphatic carbocycles. The topological polar surface area (TPSA) is 50.4 Å². The molecule has 0 heterocycles. The Bertz CT molecular complexity index is 525. The summed E-state index contributed by atoms with van der Waals surface area (Å²) in [5, 5.41) is 6.09. The minimum absolute atomic E-state index is 0.0536. The van der Waals surface area contributed by atoms with Crippen molar-refractivity contribution in [1.82, 2.24) is 5.32 Å². The molecule has 4 nitrogen and oxygen atoms in total. The van der Waals surface area contributed by atoms with E-state index in [-0.39, 0.29) is 17.9 Å². The van der Waals surface area contributed by atoms with Crippen molar-refractivity contribution in [2.45, 2.75) is 57.7 Å². The second-order valence-electron chi connectivity index (χ2n) is 6.59. The second-order valence-corrected chi connectivity index (χ2v) is 7.45. The molecule has 1 aromatic carbocycles. The Morgan fingerprint density at radius 1 is 1.32 bits per heavy atom. The van der Waals surface area contributed by atoms with Gasteiger partial charge in [-0.3, -0.25) is 0 Å². The molecule has 1 aromatic rings. The average molecular weight is 373 g/mol. The molecular weight excluding hydrogens is 351 g/mol. The van der Waals surface area contributed by atoms with Crippen LogP contribution in [0.25, 0.3) is 0 Å². The largest absolute Gasteiger partial charge is 0.444 e. The predicted octanol–water partition coefficient (Wildman–Crippen LogP) is 4.45. The Kier molecular flexibility index (Phi) is 5.32. The predicted molar refractivity (Wildman–Crippen MR) is 88.5 cm³/mol. The summed E-state index contributed by atoms with van der Waals surface area (Å²) in [4.78, 5) is 11.8. The molecule has 0 spiro atoms. The quantitative estimate of drug-likeness (QED) is 0.823. The standard InChI is InChI=1S/C16H22BrFN2O2/c1-16(2,3)22-15(21)20-11-8-7-10(9-11)19-14-12(17)5-4-6-13(14)18/h4-6,10-11,19H,7-9H2,1-3H3,(H,20,21). The Labute approximate surface area is 138 Å². The lowest BCUT2D eigenvalue weighted by molar-refractivity contribution is 0.0505. The van der Waals surface area contributed by atoms with E-state index in [0.29, 0.717) is 10.2 Å². The van der Waals surface area contributed by atoms with E-state index in [4.69, 9.17) is 4.74 Å². The number of carbonyl (C=O) groups excluding carboxylic acids is 1. The highest BCUT2D eigenvalue weighted by Crippen LogP contribution is 2.30. The molecule has 0 saturated heterocycles. The maximum atomic E-state index is 13.8. The van der Waals surface area contributed by atoms with Crippen molar-refractivity contribution in [2.24, 2.45) is 0 Å². The first-order chi connectivity index (χ1) is 10.2. The maximum Gasteiger partial charge on any atom is 0.407 e. The second kappa shape index (κ2) is 6.86. The van der Waals surface area contributed by atoms with Crippen LogP contribution in [0.3, 0.4) is 0 Å². The molecule has 2 N–H and O–H groups in total. The van der Waals surface area contributed by atoms with Crippen LogP contribution < -0.4 is 10.6 Å². The smallest absolute Gasteiger partial charge is 0.407 e. The molecule has 1 amide bonds. The zero-order chi connectivity index (χ0) is 16.3. The number of amides is 1. The first kappa shape index (κ1) is 17.1. The number of ether oxygens (including phenoxy) is 1. The minimum Gasteiger partial charge on any atom is -0.444 e. The fourth-order valence-electron chi connectivity index (χ4n) is 2.56. The van der Waals surface area contributed by atoms with Crippen molar-refractivity contribution in [1.29, 1.82) is 0 Å². The van der Waals surface area contributed by atoms with Crippen LogP contribution in [0.2, 0.25) is 0 Å². The molecule has 1 fully saturated rings. The van der Waals surface area contributed by atoms with Gasteiger partial charge < -0.3 is 15.4 Å². The van der Waals surface area contributed by atoms with Gasteiger partial charge in [0.05, 0.1) is 5.69 Å². The Hall–Kier alpha value is -1.30. The van der Waals surface area contributed by atoms with E-state index in [0.717, 1.165) is 19.3 Å². The molecule has 122 valence electrons. The molecule has 0 aliphatic heterocycles. The number of rotatable bonds is 3. The monoisotopic (exact) mass is 372 g/mol. The van der Waals surface area contributed by atoms with Crippen LogP contribution in [0.4, 0.5) is 14.9 Å². The summed E-state index contributed by atoms with van der Waals surface area (Å²) in [7, 11) is 0. The van der Waals surface area contributed by atoms with E-state index in [9.17, 15) is 9.18 Å². The normalized spacial score (nSPS) is 21.5. The first-order valence-corrected chi connectivity index (χ1v) is 8.24. The van der Waals surface area contributed by atoms with Gasteiger partial charge in [0.15, 0.2) is 0 Å². The van der Waals surface area contributed by atoms with Crippen molar-refractivity contribution in [2.75, 3.05) is 5.32 Å². The average Bonchev–Trinajstić information content (AvgIpc) is 2.79. The summed E-state index contributed by atoms with van der Waals surface area (Å²) in [5.41, 5.74) is -0.0244. The number of halogens is 2. The van der Waals surface area contributed by atoms with Crippen LogP contribution in [0.15, 0.2) is 22.7 Å². The van der Waals surface area contributed by atoms with Crippen LogP contribution >= 0.6 is 15.9 Å². The zero-order valence-corrected chi connectivity index (χ0v) is 14.7. The number of para-hydroxylation sites is 1. The van der Waals surface area contributed by atoms with Crippen molar-refractivity contribution >= 4 is 27.7 Å². The Morgan fingerprint density at radius 2 is 2.00 bits per heavy atom. The van der Waals surface area contributed by atoms with Crippen LogP contribution in [-0.2, 0) is 4.74 Å². The van der Waals surface area contributed by atoms with Crippen LogP contribution in [0, 0.1) is 5.82 Å². The molecule has 0 bridgehead atoms. The minimum atomic E-state index is -0.502. The first-order valence-electron chi connectivity index (χ1n) is 7.44. The number of hydrogen-bond acceptors (Lipinski definition) is 3. The van der Waals surface area contributed by atoms with Gasteiger partial charge in [-0.25, -0.2) is 9.18 Å². The number of anilines is 1. The molecule has 2 unspecified atom stereocenters. The number of nitrogens with one attached hydrogen (secondary N) is 2. The lowest BCUT2D eigenvalue weighted by Gasteiger charge is -2.22. The molecule has 1 saturated carbocycles. The van der Waals surface area contributed by atoms with Crippen LogP contribution in [0.5, 0.6) is 0 Å². The molecule has 2 atom stereocenters. The number of alkyl carbamates (subject to hydrolysis) is 1. The maximum absolute atomic E-state index is 13.8. The van der Waals surface area contributed by atoms with Crippen LogP contribution in [-0.4, -0.2) is 23.8 Å². The van der Waals surface area contributed by atoms with Gasteiger partial charge in [0.25, 0.3) is 0 Å². The van der Waals surface area contributed by atoms with Crippen LogP contribution in [0.1, 0.15) is 40.0 Å². The Balaban J connectivity index is 1.87. The van der Waals surface area contributed by atoms with E-state index >= 15 is 0 Å². The lowest BCUT2D eigenvalue weighted by atomic mass is 10.2. The molecule has 2 rings (SSSR count). The van der Waals surface area contributed by atoms with E-state index in [2.05, 4.69) is 26.6 Å². The summed E-state index contributed by atoms with van der Waals surface area (Å²) in [5.74, 6) is -0.280. The third-order valence-corrected chi connectivity index (χ3v) is 4.13. The lowest BCUT2D eigenvalue weighted by Crippen LogP contribution is -2.38. The number of hydrogen-bond donors (Lipinski definition) is 2. The van der Waals surface area contributed by atoms with E-state index < -0.39 is 11.7 Å². The van der Waals surface area contributed by atoms with Crippen molar-refractivity contribution < 1.29 is 13.9 Å². The highest BCUT2D eigenvalue weighted by Gasteiger charge is 2.28. The van der Waals surface area contributed by atoms with Crippen molar-refractivity contribution in [3.05, 3.63) is 28.5 Å². The van der Waals surface area contributed by atoms with Gasteiger partial charge in [-0.15, -0.1) is 0 Å². The molecule has 22 heavy (non-hydrogen) atoms. The van der Waals surface area contributed by atoms with Gasteiger partial charge >= 0.3 is 6.09 Å². The zero-order valence-electron chi connectivity index (χ0n) is 13.1. The highest BCUT2D eigenvalue weighted by molar-refractivity contribution is 9.10. The van der Waals surface area contributed by atoms with Gasteiger partial charge in [0, 0.05) is 16.6 Å². The van der Waals surface area contributed by atoms with E-state index in [1.807, 2.05) is 20.8 Å². The molecular formula is C16H22BrFN2O2. The van der Waals surface area contributed by atoms with Crippen molar-refractivity contribution in [3.8, 4) is 0 Å².